The minimum atomic E-state index is -3.79. The van der Waals surface area contributed by atoms with Crippen LogP contribution in [0.1, 0.15) is 238 Å². The third-order valence-corrected chi connectivity index (χ3v) is 10.4. The molecule has 3 radical (unpaired) electrons. The average molecular weight is 822 g/mol. The zero-order valence-corrected chi connectivity index (χ0v) is 36.0. The quantitative estimate of drug-likeness (QED) is 0.0201. The van der Waals surface area contributed by atoms with Crippen LogP contribution in [-0.4, -0.2) is 53.4 Å². The Bertz CT molecular complexity index is 842. The highest BCUT2D eigenvalue weighted by Gasteiger charge is 2.28. The number of allylic oxidation sites excluding steroid dienone is 2. The number of hydrogen-bond donors (Lipinski definition) is 0. The summed E-state index contributed by atoms with van der Waals surface area (Å²) in [6.45, 7) is 11.8. The summed E-state index contributed by atoms with van der Waals surface area (Å²) in [7, 11) is -2.55. The van der Waals surface area contributed by atoms with E-state index in [4.69, 9.17) is 23.0 Å². The van der Waals surface area contributed by atoms with Crippen LogP contribution < -0.4 is 0 Å². The molecule has 339 valence electrons. The van der Waals surface area contributed by atoms with Gasteiger partial charge in [0.1, 0.15) is 6.61 Å². The highest BCUT2D eigenvalue weighted by molar-refractivity contribution is 7.48. The number of phosphoric acid groups is 1. The minimum Gasteiger partial charge on any atom is -0.461 e. The van der Waals surface area contributed by atoms with Gasteiger partial charge in [0.05, 0.1) is 19.1 Å². The van der Waals surface area contributed by atoms with E-state index in [-0.39, 0.29) is 82.2 Å². The van der Waals surface area contributed by atoms with Gasteiger partial charge in [-0.3, -0.25) is 23.2 Å². The molecule has 10 heteroatoms. The monoisotopic (exact) mass is 822 g/mol. The maximum Gasteiger partial charge on any atom is 0.474 e. The summed E-state index contributed by atoms with van der Waals surface area (Å²) in [5.41, 5.74) is 0. The van der Waals surface area contributed by atoms with Gasteiger partial charge in [0.2, 0.25) is 0 Å². The van der Waals surface area contributed by atoms with Gasteiger partial charge in [0.15, 0.2) is 6.10 Å². The van der Waals surface area contributed by atoms with E-state index in [2.05, 4.69) is 26.0 Å². The maximum atomic E-state index is 12.7. The molecule has 0 saturated carbocycles. The molecule has 0 saturated heterocycles. The van der Waals surface area contributed by atoms with Crippen molar-refractivity contribution in [3.05, 3.63) is 12.2 Å². The van der Waals surface area contributed by atoms with E-state index in [1.807, 2.05) is 20.8 Å². The Balaban J connectivity index is -0.000000674. The molecule has 56 heavy (non-hydrogen) atoms. The molecule has 0 N–H and O–H groups in total. The summed E-state index contributed by atoms with van der Waals surface area (Å²) in [6.07, 6.45) is 34.0. The van der Waals surface area contributed by atoms with Gasteiger partial charge >= 0.3 is 19.8 Å². The van der Waals surface area contributed by atoms with E-state index in [1.54, 1.807) is 6.92 Å². The van der Waals surface area contributed by atoms with Crippen LogP contribution in [0.4, 0.5) is 0 Å². The van der Waals surface area contributed by atoms with Crippen molar-refractivity contribution in [2.75, 3.05) is 26.9 Å². The molecule has 0 aromatic rings. The molecule has 0 aromatic carbocycles. The number of ether oxygens (including phenoxy) is 2. The van der Waals surface area contributed by atoms with Crippen molar-refractivity contribution in [1.82, 2.24) is 0 Å². The summed E-state index contributed by atoms with van der Waals surface area (Å²) in [6, 6.07) is 0. The first-order chi connectivity index (χ1) is 24.8. The second-order valence-corrected chi connectivity index (χ2v) is 15.4. The molecule has 3 unspecified atom stereocenters. The highest BCUT2D eigenvalue weighted by Crippen LogP contribution is 2.48. The Morgan fingerprint density at radius 2 is 1.00 bits per heavy atom. The van der Waals surface area contributed by atoms with Crippen LogP contribution in [0.3, 0.4) is 0 Å². The number of esters is 2. The summed E-state index contributed by atoms with van der Waals surface area (Å²) in [5, 5.41) is 0. The summed E-state index contributed by atoms with van der Waals surface area (Å²) >= 11 is 0. The molecular formula is C46H99BO8P. The predicted molar refractivity (Wildman–Crippen MR) is 247 cm³/mol. The van der Waals surface area contributed by atoms with Crippen LogP contribution in [0.15, 0.2) is 12.2 Å². The Morgan fingerprint density at radius 3 is 1.43 bits per heavy atom. The standard InChI is InChI=1S/C40H77O8P.C2H6.4CH4.B/c1-6-9-11-13-15-17-19-20-21-22-24-26-28-30-32-34-39(41)48-38(36-47-49(43,44-5)46-8-3)35-45-40(42)37(4)33-31-29-27-25-23-18-16-14-12-10-7-2;1-2;;;;;/h20-21,37-38H,6-19,22-36H2,1-5H3;1-2H3;4*1H4;/b21-20-;;;;;;. The van der Waals surface area contributed by atoms with Crippen molar-refractivity contribution < 1.29 is 37.2 Å². The van der Waals surface area contributed by atoms with Gasteiger partial charge in [0.25, 0.3) is 0 Å². The Morgan fingerprint density at radius 1 is 0.589 bits per heavy atom. The lowest BCUT2D eigenvalue weighted by Crippen LogP contribution is -2.30. The molecule has 0 aromatic heterocycles. The van der Waals surface area contributed by atoms with E-state index in [1.165, 1.54) is 116 Å². The fraction of sp³-hybridized carbons (Fsp3) is 0.913. The topological polar surface area (TPSA) is 97.4 Å². The van der Waals surface area contributed by atoms with E-state index in [0.717, 1.165) is 51.4 Å². The Labute approximate surface area is 353 Å². The third kappa shape index (κ3) is 47.2. The van der Waals surface area contributed by atoms with Gasteiger partial charge in [-0.1, -0.05) is 198 Å². The molecule has 0 bridgehead atoms. The number of unbranched alkanes of at least 4 members (excludes halogenated alkanes) is 21. The number of hydrogen-bond acceptors (Lipinski definition) is 8. The summed E-state index contributed by atoms with van der Waals surface area (Å²) < 4.78 is 39.2. The van der Waals surface area contributed by atoms with Gasteiger partial charge in [0, 0.05) is 21.9 Å². The lowest BCUT2D eigenvalue weighted by atomic mass is 10.0. The van der Waals surface area contributed by atoms with Crippen molar-refractivity contribution in [1.29, 1.82) is 0 Å². The van der Waals surface area contributed by atoms with Crippen LogP contribution in [0.2, 0.25) is 0 Å². The van der Waals surface area contributed by atoms with Crippen LogP contribution in [0.25, 0.3) is 0 Å². The zero-order chi connectivity index (χ0) is 38.3. The van der Waals surface area contributed by atoms with Crippen molar-refractivity contribution in [3.63, 3.8) is 0 Å². The zero-order valence-electron chi connectivity index (χ0n) is 35.1. The van der Waals surface area contributed by atoms with Crippen LogP contribution in [-0.2, 0) is 37.2 Å². The SMILES string of the molecule is C.C.C.C.CC.CCCCCCCC/C=C\CCCCCCCC(=O)OC(COC(=O)C(C)CCCCCCCCCCCCC)COP(=O)(OC)OCC.[B]. The molecule has 8 nitrogen and oxygen atoms in total. The van der Waals surface area contributed by atoms with Gasteiger partial charge < -0.3 is 9.47 Å². The molecule has 0 amide bonds. The van der Waals surface area contributed by atoms with E-state index < -0.39 is 13.9 Å². The minimum absolute atomic E-state index is 0. The average Bonchev–Trinajstić information content (AvgIpc) is 3.14. The predicted octanol–water partition coefficient (Wildman–Crippen LogP) is 15.8. The van der Waals surface area contributed by atoms with Crippen LogP contribution in [0, 0.1) is 5.92 Å². The van der Waals surface area contributed by atoms with Crippen molar-refractivity contribution in [2.45, 2.75) is 244 Å². The van der Waals surface area contributed by atoms with E-state index >= 15 is 0 Å². The lowest BCUT2D eigenvalue weighted by Gasteiger charge is -2.21. The molecule has 0 spiro atoms. The Kier molecular flexibility index (Phi) is 66.8. The number of carbonyl (C=O) groups excluding carboxylic acids is 2. The highest BCUT2D eigenvalue weighted by atomic mass is 31.2. The first-order valence-corrected chi connectivity index (χ1v) is 22.7. The van der Waals surface area contributed by atoms with Crippen molar-refractivity contribution in [2.24, 2.45) is 5.92 Å². The molecule has 3 atom stereocenters. The molecule has 0 fully saturated rings. The van der Waals surface area contributed by atoms with Crippen LogP contribution >= 0.6 is 7.82 Å². The molecule has 0 rings (SSSR count). The van der Waals surface area contributed by atoms with Crippen molar-refractivity contribution >= 4 is 28.2 Å². The molecule has 0 aliphatic rings. The second kappa shape index (κ2) is 53.9. The second-order valence-electron chi connectivity index (χ2n) is 13.6. The number of carbonyl (C=O) groups is 2. The first-order valence-electron chi connectivity index (χ1n) is 21.3. The van der Waals surface area contributed by atoms with Gasteiger partial charge in [-0.2, -0.15) is 0 Å². The third-order valence-electron chi connectivity index (χ3n) is 8.92. The molecular weight excluding hydrogens is 722 g/mol. The fourth-order valence-corrected chi connectivity index (χ4v) is 6.68. The summed E-state index contributed by atoms with van der Waals surface area (Å²) in [5.74, 6) is -0.967. The molecule has 0 aliphatic heterocycles. The molecule has 0 aliphatic carbocycles. The van der Waals surface area contributed by atoms with Crippen molar-refractivity contribution in [3.8, 4) is 0 Å². The lowest BCUT2D eigenvalue weighted by molar-refractivity contribution is -0.163. The maximum absolute atomic E-state index is 12.7. The Hall–Kier alpha value is -1.15. The smallest absolute Gasteiger partial charge is 0.461 e. The fourth-order valence-electron chi connectivity index (χ4n) is 5.73. The van der Waals surface area contributed by atoms with Gasteiger partial charge in [-0.15, -0.1) is 0 Å². The first kappa shape index (κ1) is 69.5. The number of rotatable bonds is 37. The number of phosphoric ester groups is 1. The van der Waals surface area contributed by atoms with E-state index in [9.17, 15) is 14.2 Å². The van der Waals surface area contributed by atoms with E-state index in [0.29, 0.717) is 0 Å². The normalized spacial score (nSPS) is 12.5. The molecule has 0 heterocycles. The van der Waals surface area contributed by atoms with Gasteiger partial charge in [-0.25, -0.2) is 4.57 Å². The van der Waals surface area contributed by atoms with Gasteiger partial charge in [-0.05, 0) is 45.4 Å². The summed E-state index contributed by atoms with van der Waals surface area (Å²) in [4.78, 5) is 25.4. The van der Waals surface area contributed by atoms with Crippen LogP contribution in [0.5, 0.6) is 0 Å². The largest absolute Gasteiger partial charge is 0.474 e.